The monoisotopic (exact) mass is 309 g/mol. The Labute approximate surface area is 142 Å². The second-order valence-electron chi connectivity index (χ2n) is 6.18. The third-order valence-corrected chi connectivity index (χ3v) is 4.00. The van der Waals surface area contributed by atoms with Gasteiger partial charge in [-0.25, -0.2) is 0 Å². The summed E-state index contributed by atoms with van der Waals surface area (Å²) >= 11 is 0. The summed E-state index contributed by atoms with van der Waals surface area (Å²) in [5.41, 5.74) is 8.42. The van der Waals surface area contributed by atoms with Crippen LogP contribution in [-0.2, 0) is 0 Å². The largest absolute Gasteiger partial charge is 0.359 e. The van der Waals surface area contributed by atoms with Gasteiger partial charge in [0.05, 0.1) is 0 Å². The van der Waals surface area contributed by atoms with E-state index in [1.54, 1.807) is 0 Å². The summed E-state index contributed by atoms with van der Waals surface area (Å²) in [5, 5.41) is 3.54. The fourth-order valence-electron chi connectivity index (χ4n) is 2.25. The van der Waals surface area contributed by atoms with Crippen LogP contribution in [0, 0.1) is 6.92 Å². The molecule has 0 fully saturated rings. The molecule has 0 atom stereocenters. The first-order valence-corrected chi connectivity index (χ1v) is 8.44. The number of rotatable bonds is 7. The van der Waals surface area contributed by atoms with Crippen molar-refractivity contribution in [1.82, 2.24) is 0 Å². The van der Waals surface area contributed by atoms with E-state index in [1.165, 1.54) is 40.1 Å². The molecule has 0 radical (unpaired) electrons. The Kier molecular flexibility index (Phi) is 7.61. The zero-order valence-electron chi connectivity index (χ0n) is 15.6. The van der Waals surface area contributed by atoms with Crippen LogP contribution in [0.4, 0.5) is 5.69 Å². The van der Waals surface area contributed by atoms with E-state index in [2.05, 4.69) is 82.9 Å². The lowest BCUT2D eigenvalue weighted by molar-refractivity contribution is 0.949. The van der Waals surface area contributed by atoms with E-state index in [4.69, 9.17) is 0 Å². The third kappa shape index (κ3) is 5.94. The molecule has 1 aromatic rings. The summed E-state index contributed by atoms with van der Waals surface area (Å²) in [4.78, 5) is 0. The van der Waals surface area contributed by atoms with E-state index in [1.807, 2.05) is 6.92 Å². The molecule has 1 nitrogen and oxygen atoms in total. The van der Waals surface area contributed by atoms with Crippen molar-refractivity contribution in [2.45, 2.75) is 54.4 Å². The number of benzene rings is 1. The fraction of sp³-hybridized carbons (Fsp3) is 0.364. The zero-order chi connectivity index (χ0) is 17.4. The van der Waals surface area contributed by atoms with Crippen molar-refractivity contribution in [3.8, 4) is 0 Å². The molecule has 124 valence electrons. The Hall–Kier alpha value is -2.02. The quantitative estimate of drug-likeness (QED) is 0.533. The van der Waals surface area contributed by atoms with Crippen LogP contribution in [0.3, 0.4) is 0 Å². The van der Waals surface area contributed by atoms with E-state index in [-0.39, 0.29) is 0 Å². The summed E-state index contributed by atoms with van der Waals surface area (Å²) in [6.45, 7) is 16.7. The van der Waals surface area contributed by atoms with Gasteiger partial charge in [0.1, 0.15) is 0 Å². The van der Waals surface area contributed by atoms with Gasteiger partial charge in [0.2, 0.25) is 0 Å². The van der Waals surface area contributed by atoms with Crippen LogP contribution in [0.15, 0.2) is 59.8 Å². The summed E-state index contributed by atoms with van der Waals surface area (Å²) < 4.78 is 0. The Morgan fingerprint density at radius 3 is 2.48 bits per heavy atom. The first-order valence-electron chi connectivity index (χ1n) is 8.44. The Morgan fingerprint density at radius 2 is 1.91 bits per heavy atom. The van der Waals surface area contributed by atoms with E-state index in [9.17, 15) is 0 Å². The number of hydrogen-bond donors (Lipinski definition) is 1. The van der Waals surface area contributed by atoms with Crippen molar-refractivity contribution in [2.75, 3.05) is 5.32 Å². The second-order valence-corrected chi connectivity index (χ2v) is 6.18. The van der Waals surface area contributed by atoms with Gasteiger partial charge < -0.3 is 5.32 Å². The summed E-state index contributed by atoms with van der Waals surface area (Å²) in [6.07, 6.45) is 8.90. The molecule has 1 heteroatoms. The lowest BCUT2D eigenvalue weighted by atomic mass is 9.99. The molecule has 1 aromatic carbocycles. The minimum atomic E-state index is 1.10. The SMILES string of the molecule is C=C(C)/C(C)=C\C(=C/C)c1ccc(C)c(N/C(C)=C/CCC)c1. The molecule has 0 spiro atoms. The molecular weight excluding hydrogens is 278 g/mol. The molecule has 0 bridgehead atoms. The van der Waals surface area contributed by atoms with Crippen LogP contribution >= 0.6 is 0 Å². The van der Waals surface area contributed by atoms with E-state index < -0.39 is 0 Å². The van der Waals surface area contributed by atoms with Crippen molar-refractivity contribution in [1.29, 1.82) is 0 Å². The number of allylic oxidation sites excluding steroid dienone is 7. The number of hydrogen-bond acceptors (Lipinski definition) is 1. The standard InChI is InChI=1S/C22H31N/c1-8-10-11-19(7)23-22-15-21(13-12-17(22)5)20(9-2)14-18(6)16(3)4/h9,11-15,23H,3,8,10H2,1-2,4-7H3/b18-14-,19-11+,20-9+. The molecule has 0 aromatic heterocycles. The zero-order valence-corrected chi connectivity index (χ0v) is 15.6. The number of unbranched alkanes of at least 4 members (excludes halogenated alkanes) is 1. The molecule has 0 saturated carbocycles. The highest BCUT2D eigenvalue weighted by Crippen LogP contribution is 2.26. The fourth-order valence-corrected chi connectivity index (χ4v) is 2.25. The van der Waals surface area contributed by atoms with Gasteiger partial charge in [0, 0.05) is 11.4 Å². The van der Waals surface area contributed by atoms with Crippen LogP contribution in [0.1, 0.15) is 58.6 Å². The normalized spacial score (nSPS) is 13.2. The Bertz CT molecular complexity index is 642. The minimum absolute atomic E-state index is 1.10. The highest BCUT2D eigenvalue weighted by atomic mass is 14.9. The average molecular weight is 309 g/mol. The molecule has 1 N–H and O–H groups in total. The minimum Gasteiger partial charge on any atom is -0.359 e. The lowest BCUT2D eigenvalue weighted by Gasteiger charge is -2.13. The van der Waals surface area contributed by atoms with Crippen LogP contribution in [0.5, 0.6) is 0 Å². The topological polar surface area (TPSA) is 12.0 Å². The molecular formula is C22H31N. The van der Waals surface area contributed by atoms with Crippen LogP contribution in [0.2, 0.25) is 0 Å². The van der Waals surface area contributed by atoms with Gasteiger partial charge in [-0.1, -0.05) is 55.9 Å². The highest BCUT2D eigenvalue weighted by molar-refractivity contribution is 5.78. The van der Waals surface area contributed by atoms with E-state index in [0.29, 0.717) is 0 Å². The van der Waals surface area contributed by atoms with Gasteiger partial charge in [-0.05, 0) is 69.4 Å². The predicted molar refractivity (Wildman–Crippen MR) is 106 cm³/mol. The first kappa shape index (κ1) is 19.0. The van der Waals surface area contributed by atoms with E-state index >= 15 is 0 Å². The molecule has 0 aliphatic heterocycles. The van der Waals surface area contributed by atoms with E-state index in [0.717, 1.165) is 12.0 Å². The number of anilines is 1. The summed E-state index contributed by atoms with van der Waals surface area (Å²) in [5.74, 6) is 0. The molecule has 0 unspecified atom stereocenters. The maximum Gasteiger partial charge on any atom is 0.0417 e. The maximum atomic E-state index is 4.02. The van der Waals surface area contributed by atoms with Gasteiger partial charge in [0.25, 0.3) is 0 Å². The molecule has 0 amide bonds. The van der Waals surface area contributed by atoms with Crippen LogP contribution in [-0.4, -0.2) is 0 Å². The summed E-state index contributed by atoms with van der Waals surface area (Å²) in [6, 6.07) is 6.59. The molecule has 23 heavy (non-hydrogen) atoms. The molecule has 0 aliphatic carbocycles. The van der Waals surface area contributed by atoms with Crippen molar-refractivity contribution in [3.05, 3.63) is 71.0 Å². The maximum absolute atomic E-state index is 4.02. The Morgan fingerprint density at radius 1 is 1.22 bits per heavy atom. The average Bonchev–Trinajstić information content (AvgIpc) is 2.52. The summed E-state index contributed by atoms with van der Waals surface area (Å²) in [7, 11) is 0. The second kappa shape index (κ2) is 9.19. The van der Waals surface area contributed by atoms with Gasteiger partial charge in [-0.15, -0.1) is 0 Å². The van der Waals surface area contributed by atoms with Crippen molar-refractivity contribution in [2.24, 2.45) is 0 Å². The van der Waals surface area contributed by atoms with Crippen LogP contribution < -0.4 is 5.32 Å². The van der Waals surface area contributed by atoms with Crippen LogP contribution in [0.25, 0.3) is 5.57 Å². The van der Waals surface area contributed by atoms with Gasteiger partial charge in [-0.2, -0.15) is 0 Å². The van der Waals surface area contributed by atoms with Gasteiger partial charge in [-0.3, -0.25) is 0 Å². The lowest BCUT2D eigenvalue weighted by Crippen LogP contribution is -1.99. The Balaban J connectivity index is 3.13. The van der Waals surface area contributed by atoms with Gasteiger partial charge in [0.15, 0.2) is 0 Å². The van der Waals surface area contributed by atoms with Crippen molar-refractivity contribution >= 4 is 11.3 Å². The molecule has 0 aliphatic rings. The molecule has 1 rings (SSSR count). The third-order valence-electron chi connectivity index (χ3n) is 4.00. The number of aryl methyl sites for hydroxylation is 1. The van der Waals surface area contributed by atoms with Gasteiger partial charge >= 0.3 is 0 Å². The van der Waals surface area contributed by atoms with Crippen molar-refractivity contribution in [3.63, 3.8) is 0 Å². The molecule has 0 saturated heterocycles. The predicted octanol–water partition coefficient (Wildman–Crippen LogP) is 7.04. The molecule has 0 heterocycles. The highest BCUT2D eigenvalue weighted by Gasteiger charge is 2.04. The first-order chi connectivity index (χ1) is 10.9. The van der Waals surface area contributed by atoms with Crippen molar-refractivity contribution < 1.29 is 0 Å². The smallest absolute Gasteiger partial charge is 0.0417 e. The number of nitrogens with one attached hydrogen (secondary N) is 1.